The lowest BCUT2D eigenvalue weighted by atomic mass is 10.1. The second-order valence-electron chi connectivity index (χ2n) is 8.73. The first-order valence-electron chi connectivity index (χ1n) is 11.2. The highest BCUT2D eigenvalue weighted by Crippen LogP contribution is 2.33. The summed E-state index contributed by atoms with van der Waals surface area (Å²) in [5.41, 5.74) is 1.79. The van der Waals surface area contributed by atoms with Crippen LogP contribution < -0.4 is 9.47 Å². The number of ether oxygens (including phenoxy) is 2. The van der Waals surface area contributed by atoms with Gasteiger partial charge in [-0.15, -0.1) is 5.10 Å². The van der Waals surface area contributed by atoms with E-state index in [-0.39, 0.29) is 44.1 Å². The SMILES string of the molecule is COc1cc(/C=C2/C(=N)N3N=C(S(=O)(=O)CC(C)C)SC3=NC2=O)ccc1OC(=O)c1ccc(C)cc1. The van der Waals surface area contributed by atoms with E-state index in [2.05, 4.69) is 10.1 Å². The molecule has 0 atom stereocenters. The number of nitrogens with zero attached hydrogens (tertiary/aromatic N) is 3. The highest BCUT2D eigenvalue weighted by atomic mass is 32.3. The van der Waals surface area contributed by atoms with Crippen LogP contribution in [0.3, 0.4) is 0 Å². The Morgan fingerprint density at radius 3 is 2.51 bits per heavy atom. The number of thioether (sulfide) groups is 1. The molecular weight excluding hydrogens is 516 g/mol. The number of amidine groups is 2. The molecule has 4 rings (SSSR count). The first-order valence-corrected chi connectivity index (χ1v) is 13.6. The number of carbonyl (C=O) groups is 2. The summed E-state index contributed by atoms with van der Waals surface area (Å²) in [6.45, 7) is 5.47. The molecule has 0 bridgehead atoms. The molecule has 12 heteroatoms. The number of methoxy groups -OCH3 is 1. The molecule has 1 amide bonds. The number of esters is 1. The standard InChI is InChI=1S/C25H24N4O6S2/c1-14(2)13-37(32,33)25-28-29-21(26)18(22(30)27-24(29)36-25)11-16-7-10-19(20(12-16)34-4)35-23(31)17-8-5-15(3)6-9-17/h5-12,14,26H,13H2,1-4H3/b18-11-,26-21?. The average Bonchev–Trinajstić information content (AvgIpc) is 3.27. The van der Waals surface area contributed by atoms with E-state index in [0.29, 0.717) is 11.1 Å². The predicted molar refractivity (Wildman–Crippen MR) is 143 cm³/mol. The van der Waals surface area contributed by atoms with Crippen molar-refractivity contribution in [1.29, 1.82) is 5.41 Å². The highest BCUT2D eigenvalue weighted by molar-refractivity contribution is 8.42. The molecule has 1 N–H and O–H groups in total. The van der Waals surface area contributed by atoms with Crippen molar-refractivity contribution in [1.82, 2.24) is 5.01 Å². The third kappa shape index (κ3) is 5.65. The van der Waals surface area contributed by atoms with Crippen molar-refractivity contribution in [3.63, 3.8) is 0 Å². The topological polar surface area (TPSA) is 139 Å². The molecule has 0 spiro atoms. The fourth-order valence-corrected chi connectivity index (χ4v) is 6.27. The van der Waals surface area contributed by atoms with E-state index in [9.17, 15) is 18.0 Å². The van der Waals surface area contributed by atoms with Crippen LogP contribution in [0.4, 0.5) is 0 Å². The summed E-state index contributed by atoms with van der Waals surface area (Å²) in [7, 11) is -2.26. The molecule has 0 fully saturated rings. The maximum absolute atomic E-state index is 12.7. The van der Waals surface area contributed by atoms with Gasteiger partial charge in [0.25, 0.3) is 5.91 Å². The Morgan fingerprint density at radius 2 is 1.86 bits per heavy atom. The molecule has 37 heavy (non-hydrogen) atoms. The molecule has 10 nitrogen and oxygen atoms in total. The van der Waals surface area contributed by atoms with E-state index in [1.165, 1.54) is 19.3 Å². The monoisotopic (exact) mass is 540 g/mol. The van der Waals surface area contributed by atoms with Gasteiger partial charge in [-0.2, -0.15) is 10.0 Å². The number of rotatable bonds is 6. The Morgan fingerprint density at radius 1 is 1.16 bits per heavy atom. The zero-order valence-corrected chi connectivity index (χ0v) is 22.1. The van der Waals surface area contributed by atoms with Crippen LogP contribution in [0.1, 0.15) is 35.3 Å². The van der Waals surface area contributed by atoms with Gasteiger partial charge in [-0.05, 0) is 60.5 Å². The van der Waals surface area contributed by atoms with Crippen LogP contribution in [0.5, 0.6) is 11.5 Å². The van der Waals surface area contributed by atoms with Crippen LogP contribution in [0.2, 0.25) is 0 Å². The Kier molecular flexibility index (Phi) is 7.32. The number of hydrogen-bond donors (Lipinski definition) is 1. The second-order valence-corrected chi connectivity index (χ2v) is 11.9. The number of fused-ring (bicyclic) bond motifs is 1. The summed E-state index contributed by atoms with van der Waals surface area (Å²) in [5, 5.41) is 13.6. The molecule has 2 heterocycles. The summed E-state index contributed by atoms with van der Waals surface area (Å²) in [5.74, 6) is -1.35. The zero-order valence-electron chi connectivity index (χ0n) is 20.5. The van der Waals surface area contributed by atoms with Crippen LogP contribution in [0.15, 0.2) is 58.1 Å². The van der Waals surface area contributed by atoms with E-state index >= 15 is 0 Å². The smallest absolute Gasteiger partial charge is 0.343 e. The van der Waals surface area contributed by atoms with Crippen molar-refractivity contribution in [3.05, 3.63) is 64.7 Å². The van der Waals surface area contributed by atoms with Gasteiger partial charge in [-0.1, -0.05) is 37.6 Å². The molecule has 2 aromatic carbocycles. The summed E-state index contributed by atoms with van der Waals surface area (Å²) in [6, 6.07) is 11.6. The van der Waals surface area contributed by atoms with Crippen molar-refractivity contribution in [2.45, 2.75) is 20.8 Å². The van der Waals surface area contributed by atoms with E-state index in [0.717, 1.165) is 22.3 Å². The van der Waals surface area contributed by atoms with E-state index < -0.39 is 21.7 Å². The molecule has 0 aliphatic carbocycles. The molecular formula is C25H24N4O6S2. The van der Waals surface area contributed by atoms with E-state index in [4.69, 9.17) is 14.9 Å². The highest BCUT2D eigenvalue weighted by Gasteiger charge is 2.39. The maximum atomic E-state index is 12.7. The third-order valence-electron chi connectivity index (χ3n) is 5.24. The van der Waals surface area contributed by atoms with Crippen LogP contribution in [0, 0.1) is 18.3 Å². The number of amides is 1. The Balaban J connectivity index is 1.58. The third-order valence-corrected chi connectivity index (χ3v) is 8.68. The van der Waals surface area contributed by atoms with Gasteiger partial charge >= 0.3 is 5.97 Å². The van der Waals surface area contributed by atoms with Gasteiger partial charge < -0.3 is 9.47 Å². The second kappa shape index (κ2) is 10.3. The van der Waals surface area contributed by atoms with Gasteiger partial charge in [-0.3, -0.25) is 10.2 Å². The summed E-state index contributed by atoms with van der Waals surface area (Å²) >= 11 is 0.753. The molecule has 2 aromatic rings. The fraction of sp³-hybridized carbons (Fsp3) is 0.240. The number of hydrogen-bond acceptors (Lipinski definition) is 9. The van der Waals surface area contributed by atoms with Gasteiger partial charge in [-0.25, -0.2) is 13.2 Å². The average molecular weight is 541 g/mol. The lowest BCUT2D eigenvalue weighted by molar-refractivity contribution is -0.114. The van der Waals surface area contributed by atoms with Crippen molar-refractivity contribution in [2.75, 3.05) is 12.9 Å². The first kappa shape index (κ1) is 26.3. The van der Waals surface area contributed by atoms with E-state index in [1.54, 1.807) is 50.2 Å². The fourth-order valence-electron chi connectivity index (χ4n) is 3.48. The quantitative estimate of drug-likeness (QED) is 0.331. The van der Waals surface area contributed by atoms with Crippen LogP contribution in [-0.4, -0.2) is 53.5 Å². The minimum absolute atomic E-state index is 0.0189. The molecule has 0 saturated heterocycles. The molecule has 0 saturated carbocycles. The zero-order chi connectivity index (χ0) is 26.9. The molecule has 2 aliphatic rings. The number of hydrazone groups is 1. The molecule has 0 unspecified atom stereocenters. The first-order chi connectivity index (χ1) is 17.5. The Labute approximate surface area is 218 Å². The molecule has 0 aromatic heterocycles. The Hall–Kier alpha value is -3.77. The minimum atomic E-state index is -3.68. The van der Waals surface area contributed by atoms with E-state index in [1.807, 2.05) is 6.92 Å². The number of aryl methyl sites for hydroxylation is 1. The largest absolute Gasteiger partial charge is 0.493 e. The van der Waals surface area contributed by atoms with Gasteiger partial charge in [0.05, 0.1) is 24.0 Å². The summed E-state index contributed by atoms with van der Waals surface area (Å²) in [6.07, 6.45) is 1.42. The van der Waals surface area contributed by atoms with Gasteiger partial charge in [0, 0.05) is 0 Å². The molecule has 0 radical (unpaired) electrons. The van der Waals surface area contributed by atoms with Gasteiger partial charge in [0.2, 0.25) is 19.4 Å². The van der Waals surface area contributed by atoms with Crippen LogP contribution >= 0.6 is 11.8 Å². The number of aliphatic imine (C=N–C) groups is 1. The maximum Gasteiger partial charge on any atom is 0.343 e. The Bertz CT molecular complexity index is 1490. The molecule has 192 valence electrons. The lowest BCUT2D eigenvalue weighted by Gasteiger charge is -2.20. The minimum Gasteiger partial charge on any atom is -0.493 e. The number of benzene rings is 2. The van der Waals surface area contributed by atoms with Gasteiger partial charge in [0.15, 0.2) is 17.3 Å². The summed E-state index contributed by atoms with van der Waals surface area (Å²) < 4.78 is 35.8. The molecule has 2 aliphatic heterocycles. The predicted octanol–water partition coefficient (Wildman–Crippen LogP) is 3.87. The van der Waals surface area contributed by atoms with Gasteiger partial charge in [0.1, 0.15) is 0 Å². The van der Waals surface area contributed by atoms with Crippen molar-refractivity contribution < 1.29 is 27.5 Å². The lowest BCUT2D eigenvalue weighted by Crippen LogP contribution is -2.35. The van der Waals surface area contributed by atoms with Crippen molar-refractivity contribution in [2.24, 2.45) is 16.0 Å². The number of carbonyl (C=O) groups excluding carboxylic acids is 2. The normalized spacial score (nSPS) is 16.6. The summed E-state index contributed by atoms with van der Waals surface area (Å²) in [4.78, 5) is 29.1. The van der Waals surface area contributed by atoms with Crippen molar-refractivity contribution in [3.8, 4) is 11.5 Å². The van der Waals surface area contributed by atoms with Crippen LogP contribution in [-0.2, 0) is 14.6 Å². The van der Waals surface area contributed by atoms with Crippen molar-refractivity contribution >= 4 is 54.9 Å². The number of nitrogens with one attached hydrogen (secondary N) is 1. The number of sulfone groups is 1. The van der Waals surface area contributed by atoms with Crippen LogP contribution in [0.25, 0.3) is 6.08 Å².